The third-order valence-electron chi connectivity index (χ3n) is 2.73. The van der Waals surface area contributed by atoms with Crippen molar-refractivity contribution >= 4 is 21.8 Å². The Kier molecular flexibility index (Phi) is 6.47. The number of carbonyl (C=O) groups is 1. The second kappa shape index (κ2) is 7.65. The van der Waals surface area contributed by atoms with Crippen LogP contribution in [0.2, 0.25) is 0 Å². The molecule has 1 rings (SSSR count). The second-order valence-electron chi connectivity index (χ2n) is 4.33. The number of carbonyl (C=O) groups excluding carboxylic acids is 1. The molecule has 0 aliphatic rings. The molecule has 0 radical (unpaired) electrons. The van der Waals surface area contributed by atoms with E-state index in [4.69, 9.17) is 9.84 Å². The highest BCUT2D eigenvalue weighted by Gasteiger charge is 2.38. The summed E-state index contributed by atoms with van der Waals surface area (Å²) < 4.78 is 41.9. The number of rotatable bonds is 6. The van der Waals surface area contributed by atoms with Crippen molar-refractivity contribution in [2.24, 2.45) is 0 Å². The number of benzene rings is 1. The van der Waals surface area contributed by atoms with Gasteiger partial charge >= 0.3 is 6.18 Å². The van der Waals surface area contributed by atoms with E-state index in [1.54, 1.807) is 18.2 Å². The maximum Gasteiger partial charge on any atom is 0.416 e. The Bertz CT molecular complexity index is 494. The molecule has 1 aromatic rings. The number of methoxy groups -OCH3 is 1. The Morgan fingerprint density at radius 3 is 2.67 bits per heavy atom. The third kappa shape index (κ3) is 5.92. The van der Waals surface area contributed by atoms with Crippen molar-refractivity contribution in [2.45, 2.75) is 25.1 Å². The first-order chi connectivity index (χ1) is 9.74. The number of amides is 1. The molecule has 0 aromatic heterocycles. The van der Waals surface area contributed by atoms with E-state index in [2.05, 4.69) is 21.2 Å². The lowest BCUT2D eigenvalue weighted by atomic mass is 10.1. The number of hydrogen-bond donors (Lipinski definition) is 2. The summed E-state index contributed by atoms with van der Waals surface area (Å²) in [6.45, 7) is -0.839. The molecule has 21 heavy (non-hydrogen) atoms. The summed E-state index contributed by atoms with van der Waals surface area (Å²) in [5.41, 5.74) is 0.842. The average Bonchev–Trinajstić information content (AvgIpc) is 2.41. The van der Waals surface area contributed by atoms with Gasteiger partial charge in [0.2, 0.25) is 5.91 Å². The normalized spacial score (nSPS) is 12.9. The van der Waals surface area contributed by atoms with Crippen molar-refractivity contribution in [3.05, 3.63) is 28.2 Å². The fourth-order valence-electron chi connectivity index (χ4n) is 1.54. The molecule has 1 unspecified atom stereocenters. The highest BCUT2D eigenvalue weighted by molar-refractivity contribution is 9.10. The number of ether oxygens (including phenoxy) is 1. The smallest absolute Gasteiger partial charge is 0.416 e. The monoisotopic (exact) mass is 369 g/mol. The number of halogens is 4. The summed E-state index contributed by atoms with van der Waals surface area (Å²) in [5.74, 6) is 0.0988. The average molecular weight is 370 g/mol. The van der Waals surface area contributed by atoms with Crippen LogP contribution in [0.5, 0.6) is 5.75 Å². The van der Waals surface area contributed by atoms with Crippen LogP contribution in [-0.2, 0) is 11.2 Å². The zero-order valence-electron chi connectivity index (χ0n) is 11.2. The van der Waals surface area contributed by atoms with Gasteiger partial charge in [0, 0.05) is 6.42 Å². The summed E-state index contributed by atoms with van der Waals surface area (Å²) in [4.78, 5) is 11.4. The zero-order chi connectivity index (χ0) is 16.0. The molecule has 1 aromatic carbocycles. The van der Waals surface area contributed by atoms with E-state index in [-0.39, 0.29) is 6.42 Å². The van der Waals surface area contributed by atoms with Crippen LogP contribution in [0.3, 0.4) is 0 Å². The van der Waals surface area contributed by atoms with Gasteiger partial charge in [-0.05, 0) is 40.0 Å². The zero-order valence-corrected chi connectivity index (χ0v) is 12.8. The first kappa shape index (κ1) is 17.8. The predicted octanol–water partition coefficient (Wildman–Crippen LogP) is 2.43. The SMILES string of the molecule is COc1ccc(CCC(=O)NCC(O)C(F)(F)F)cc1Br. The van der Waals surface area contributed by atoms with E-state index >= 15 is 0 Å². The first-order valence-electron chi connectivity index (χ1n) is 6.08. The van der Waals surface area contributed by atoms with E-state index in [1.807, 2.05) is 0 Å². The van der Waals surface area contributed by atoms with Gasteiger partial charge in [-0.1, -0.05) is 6.07 Å². The molecule has 0 fully saturated rings. The Morgan fingerprint density at radius 2 is 2.14 bits per heavy atom. The van der Waals surface area contributed by atoms with Gasteiger partial charge in [-0.15, -0.1) is 0 Å². The number of alkyl halides is 3. The minimum absolute atomic E-state index is 0.0311. The van der Waals surface area contributed by atoms with E-state index in [0.29, 0.717) is 12.2 Å². The highest BCUT2D eigenvalue weighted by atomic mass is 79.9. The lowest BCUT2D eigenvalue weighted by molar-refractivity contribution is -0.201. The molecule has 0 aliphatic carbocycles. The molecule has 1 atom stereocenters. The standard InChI is InChI=1S/C13H15BrF3NO3/c1-21-10-4-2-8(6-9(10)14)3-5-12(20)18-7-11(19)13(15,16)17/h2,4,6,11,19H,3,5,7H2,1H3,(H,18,20). The first-order valence-corrected chi connectivity index (χ1v) is 6.87. The van der Waals surface area contributed by atoms with Crippen LogP contribution >= 0.6 is 15.9 Å². The molecule has 2 N–H and O–H groups in total. The molecule has 1 amide bonds. The molecule has 0 bridgehead atoms. The summed E-state index contributed by atoms with van der Waals surface area (Å²) in [7, 11) is 1.53. The summed E-state index contributed by atoms with van der Waals surface area (Å²) in [5, 5.41) is 10.8. The van der Waals surface area contributed by atoms with Crippen molar-refractivity contribution in [2.75, 3.05) is 13.7 Å². The van der Waals surface area contributed by atoms with Crippen molar-refractivity contribution in [3.63, 3.8) is 0 Å². The minimum Gasteiger partial charge on any atom is -0.496 e. The van der Waals surface area contributed by atoms with Gasteiger partial charge in [0.25, 0.3) is 0 Å². The molecule has 0 heterocycles. The Morgan fingerprint density at radius 1 is 1.48 bits per heavy atom. The van der Waals surface area contributed by atoms with Crippen LogP contribution in [0, 0.1) is 0 Å². The van der Waals surface area contributed by atoms with Crippen molar-refractivity contribution in [3.8, 4) is 5.75 Å². The molecule has 0 spiro atoms. The molecule has 0 saturated heterocycles. The molecule has 118 valence electrons. The molecular weight excluding hydrogens is 355 g/mol. The third-order valence-corrected chi connectivity index (χ3v) is 3.35. The van der Waals surface area contributed by atoms with Crippen molar-refractivity contribution < 1.29 is 27.8 Å². The lowest BCUT2D eigenvalue weighted by Gasteiger charge is -2.15. The molecule has 8 heteroatoms. The van der Waals surface area contributed by atoms with Crippen LogP contribution in [-0.4, -0.2) is 36.9 Å². The number of nitrogens with one attached hydrogen (secondary N) is 1. The van der Waals surface area contributed by atoms with Crippen LogP contribution in [0.1, 0.15) is 12.0 Å². The van der Waals surface area contributed by atoms with E-state index in [0.717, 1.165) is 10.0 Å². The highest BCUT2D eigenvalue weighted by Crippen LogP contribution is 2.26. The number of hydrogen-bond acceptors (Lipinski definition) is 3. The topological polar surface area (TPSA) is 58.6 Å². The molecule has 0 saturated carbocycles. The van der Waals surface area contributed by atoms with E-state index in [9.17, 15) is 18.0 Å². The Labute approximate surface area is 128 Å². The second-order valence-corrected chi connectivity index (χ2v) is 5.18. The summed E-state index contributed by atoms with van der Waals surface area (Å²) >= 11 is 3.30. The quantitative estimate of drug-likeness (QED) is 0.809. The minimum atomic E-state index is -4.73. The largest absolute Gasteiger partial charge is 0.496 e. The molecule has 0 aliphatic heterocycles. The van der Waals surface area contributed by atoms with E-state index in [1.165, 1.54) is 7.11 Å². The van der Waals surface area contributed by atoms with Gasteiger partial charge < -0.3 is 15.2 Å². The van der Waals surface area contributed by atoms with Gasteiger partial charge in [0.15, 0.2) is 6.10 Å². The van der Waals surface area contributed by atoms with Gasteiger partial charge in [0.1, 0.15) is 5.75 Å². The van der Waals surface area contributed by atoms with Gasteiger partial charge in [0.05, 0.1) is 18.1 Å². The summed E-state index contributed by atoms with van der Waals surface area (Å²) in [6, 6.07) is 5.27. The van der Waals surface area contributed by atoms with Crippen LogP contribution in [0.25, 0.3) is 0 Å². The Hall–Kier alpha value is -1.28. The maximum atomic E-state index is 12.0. The van der Waals surface area contributed by atoms with Crippen molar-refractivity contribution in [1.82, 2.24) is 5.32 Å². The fraction of sp³-hybridized carbons (Fsp3) is 0.462. The Balaban J connectivity index is 2.41. The van der Waals surface area contributed by atoms with Gasteiger partial charge in [-0.25, -0.2) is 0 Å². The lowest BCUT2D eigenvalue weighted by Crippen LogP contribution is -2.40. The van der Waals surface area contributed by atoms with Crippen LogP contribution < -0.4 is 10.1 Å². The van der Waals surface area contributed by atoms with Crippen LogP contribution in [0.15, 0.2) is 22.7 Å². The maximum absolute atomic E-state index is 12.0. The van der Waals surface area contributed by atoms with Crippen molar-refractivity contribution in [1.29, 1.82) is 0 Å². The summed E-state index contributed by atoms with van der Waals surface area (Å²) in [6.07, 6.45) is -6.87. The predicted molar refractivity (Wildman–Crippen MR) is 74.1 cm³/mol. The van der Waals surface area contributed by atoms with Gasteiger partial charge in [-0.3, -0.25) is 4.79 Å². The fourth-order valence-corrected chi connectivity index (χ4v) is 2.13. The molecular formula is C13H15BrF3NO3. The number of aliphatic hydroxyl groups excluding tert-OH is 1. The van der Waals surface area contributed by atoms with E-state index < -0.39 is 24.7 Å². The number of aliphatic hydroxyl groups is 1. The molecule has 4 nitrogen and oxygen atoms in total. The van der Waals surface area contributed by atoms with Crippen LogP contribution in [0.4, 0.5) is 13.2 Å². The van der Waals surface area contributed by atoms with Gasteiger partial charge in [-0.2, -0.15) is 13.2 Å². The number of aryl methyl sites for hydroxylation is 1.